The zero-order chi connectivity index (χ0) is 13.5. The van der Waals surface area contributed by atoms with Gasteiger partial charge in [-0.2, -0.15) is 0 Å². The lowest BCUT2D eigenvalue weighted by Gasteiger charge is -2.22. The van der Waals surface area contributed by atoms with Crippen LogP contribution in [0, 0.1) is 0 Å². The Morgan fingerprint density at radius 3 is 1.29 bits per heavy atom. The zero-order valence-corrected chi connectivity index (χ0v) is 14.2. The van der Waals surface area contributed by atoms with Crippen LogP contribution in [0.4, 0.5) is 0 Å². The van der Waals surface area contributed by atoms with Gasteiger partial charge in [0.25, 0.3) is 0 Å². The van der Waals surface area contributed by atoms with Gasteiger partial charge in [-0.05, 0) is 11.1 Å². The molecule has 0 spiro atoms. The minimum Gasteiger partial charge on any atom is -0.329 e. The van der Waals surface area contributed by atoms with Gasteiger partial charge in [-0.15, -0.1) is 36.6 Å². The predicted octanol–water partition coefficient (Wildman–Crippen LogP) is 3.96. The van der Waals surface area contributed by atoms with Crippen LogP contribution in [0.3, 0.4) is 0 Å². The average molecular weight is 345 g/mol. The molecule has 4 N–H and O–H groups in total. The molecule has 2 rings (SSSR count). The average Bonchev–Trinajstić information content (AvgIpc) is 2.50. The highest BCUT2D eigenvalue weighted by molar-refractivity contribution is 7.99. The summed E-state index contributed by atoms with van der Waals surface area (Å²) in [4.78, 5) is 0. The molecule has 5 heteroatoms. The van der Waals surface area contributed by atoms with Gasteiger partial charge in [0, 0.05) is 23.6 Å². The molecule has 0 aliphatic rings. The lowest BCUT2D eigenvalue weighted by molar-refractivity contribution is 0.894. The minimum absolute atomic E-state index is 0. The van der Waals surface area contributed by atoms with Gasteiger partial charge < -0.3 is 11.5 Å². The Balaban J connectivity index is 0.00000200. The third-order valence-electron chi connectivity index (χ3n) is 3.10. The van der Waals surface area contributed by atoms with E-state index in [4.69, 9.17) is 11.5 Å². The molecular formula is C16H22Cl2N2S. The van der Waals surface area contributed by atoms with Crippen LogP contribution in [0.1, 0.15) is 21.6 Å². The van der Waals surface area contributed by atoms with Crippen molar-refractivity contribution in [3.05, 3.63) is 71.8 Å². The molecule has 0 amide bonds. The van der Waals surface area contributed by atoms with Crippen LogP contribution in [0.25, 0.3) is 0 Å². The van der Waals surface area contributed by atoms with Crippen LogP contribution in [0.5, 0.6) is 0 Å². The van der Waals surface area contributed by atoms with Crippen molar-refractivity contribution in [1.82, 2.24) is 0 Å². The Hall–Kier alpha value is -0.710. The molecule has 0 radical (unpaired) electrons. The molecule has 2 unspecified atom stereocenters. The summed E-state index contributed by atoms with van der Waals surface area (Å²) in [5.41, 5.74) is 14.4. The first-order valence-electron chi connectivity index (χ1n) is 6.50. The van der Waals surface area contributed by atoms with Crippen LogP contribution in [0.2, 0.25) is 0 Å². The second-order valence-electron chi connectivity index (χ2n) is 4.41. The molecule has 0 heterocycles. The van der Waals surface area contributed by atoms with Crippen molar-refractivity contribution < 1.29 is 0 Å². The molecule has 0 aliphatic carbocycles. The minimum atomic E-state index is 0. The maximum Gasteiger partial charge on any atom is 0.0426 e. The lowest BCUT2D eigenvalue weighted by Crippen LogP contribution is -2.15. The van der Waals surface area contributed by atoms with E-state index in [9.17, 15) is 0 Å². The molecule has 0 aromatic heterocycles. The van der Waals surface area contributed by atoms with Crippen molar-refractivity contribution in [2.75, 3.05) is 13.1 Å². The molecule has 116 valence electrons. The summed E-state index contributed by atoms with van der Waals surface area (Å²) in [5, 5.41) is 0.574. The van der Waals surface area contributed by atoms with Crippen molar-refractivity contribution in [2.45, 2.75) is 10.5 Å². The van der Waals surface area contributed by atoms with Crippen molar-refractivity contribution in [1.29, 1.82) is 0 Å². The van der Waals surface area contributed by atoms with E-state index in [1.54, 1.807) is 0 Å². The Bertz CT molecular complexity index is 437. The SMILES string of the molecule is Cl.Cl.NCC(SC(CN)c1ccccc1)c1ccccc1. The number of rotatable bonds is 6. The number of hydrogen-bond donors (Lipinski definition) is 2. The summed E-state index contributed by atoms with van der Waals surface area (Å²) in [5.74, 6) is 0. The molecular weight excluding hydrogens is 323 g/mol. The highest BCUT2D eigenvalue weighted by Crippen LogP contribution is 2.39. The van der Waals surface area contributed by atoms with Crippen molar-refractivity contribution in [3.63, 3.8) is 0 Å². The maximum atomic E-state index is 5.92. The zero-order valence-electron chi connectivity index (χ0n) is 11.7. The van der Waals surface area contributed by atoms with E-state index < -0.39 is 0 Å². The number of nitrogens with two attached hydrogens (primary N) is 2. The Labute approximate surface area is 143 Å². The van der Waals surface area contributed by atoms with Crippen LogP contribution in [0.15, 0.2) is 60.7 Å². The predicted molar refractivity (Wildman–Crippen MR) is 98.6 cm³/mol. The van der Waals surface area contributed by atoms with E-state index >= 15 is 0 Å². The second kappa shape index (κ2) is 10.9. The first-order valence-corrected chi connectivity index (χ1v) is 7.45. The summed E-state index contributed by atoms with van der Waals surface area (Å²) in [7, 11) is 0. The van der Waals surface area contributed by atoms with Gasteiger partial charge in [0.15, 0.2) is 0 Å². The largest absolute Gasteiger partial charge is 0.329 e. The fourth-order valence-corrected chi connectivity index (χ4v) is 3.32. The van der Waals surface area contributed by atoms with Crippen molar-refractivity contribution in [2.24, 2.45) is 11.5 Å². The summed E-state index contributed by atoms with van der Waals surface area (Å²) in [6.07, 6.45) is 0. The smallest absolute Gasteiger partial charge is 0.0426 e. The molecule has 2 aromatic rings. The molecule has 0 saturated carbocycles. The third kappa shape index (κ3) is 5.89. The van der Waals surface area contributed by atoms with Crippen LogP contribution < -0.4 is 11.5 Å². The van der Waals surface area contributed by atoms with E-state index in [1.807, 2.05) is 23.9 Å². The van der Waals surface area contributed by atoms with Gasteiger partial charge in [0.2, 0.25) is 0 Å². The molecule has 2 atom stereocenters. The fraction of sp³-hybridized carbons (Fsp3) is 0.250. The van der Waals surface area contributed by atoms with Gasteiger partial charge in [0.1, 0.15) is 0 Å². The van der Waals surface area contributed by atoms with Gasteiger partial charge >= 0.3 is 0 Å². The summed E-state index contributed by atoms with van der Waals surface area (Å²) in [6, 6.07) is 20.8. The number of hydrogen-bond acceptors (Lipinski definition) is 3. The number of benzene rings is 2. The second-order valence-corrected chi connectivity index (χ2v) is 5.82. The van der Waals surface area contributed by atoms with E-state index in [-0.39, 0.29) is 35.3 Å². The maximum absolute atomic E-state index is 5.92. The van der Waals surface area contributed by atoms with Crippen LogP contribution >= 0.6 is 36.6 Å². The molecule has 0 saturated heterocycles. The number of halogens is 2. The molecule has 2 nitrogen and oxygen atoms in total. The first-order chi connectivity index (χ1) is 9.35. The highest BCUT2D eigenvalue weighted by atomic mass is 35.5. The Morgan fingerprint density at radius 2 is 1.00 bits per heavy atom. The van der Waals surface area contributed by atoms with Crippen molar-refractivity contribution in [3.8, 4) is 0 Å². The fourth-order valence-electron chi connectivity index (χ4n) is 2.07. The quantitative estimate of drug-likeness (QED) is 0.833. The number of thioether (sulfide) groups is 1. The van der Waals surface area contributed by atoms with Crippen LogP contribution in [-0.2, 0) is 0 Å². The third-order valence-corrected chi connectivity index (χ3v) is 4.69. The van der Waals surface area contributed by atoms with Gasteiger partial charge in [0.05, 0.1) is 0 Å². The molecule has 0 bridgehead atoms. The van der Waals surface area contributed by atoms with Crippen molar-refractivity contribution >= 4 is 36.6 Å². The topological polar surface area (TPSA) is 52.0 Å². The van der Waals surface area contributed by atoms with Crippen LogP contribution in [-0.4, -0.2) is 13.1 Å². The van der Waals surface area contributed by atoms with E-state index in [0.29, 0.717) is 13.1 Å². The summed E-state index contributed by atoms with van der Waals surface area (Å²) >= 11 is 1.85. The Kier molecular flexibility index (Phi) is 10.6. The van der Waals surface area contributed by atoms with Gasteiger partial charge in [-0.1, -0.05) is 60.7 Å². The summed E-state index contributed by atoms with van der Waals surface area (Å²) < 4.78 is 0. The normalized spacial score (nSPS) is 12.7. The van der Waals surface area contributed by atoms with Gasteiger partial charge in [-0.25, -0.2) is 0 Å². The highest BCUT2D eigenvalue weighted by Gasteiger charge is 2.17. The van der Waals surface area contributed by atoms with E-state index in [1.165, 1.54) is 11.1 Å². The monoisotopic (exact) mass is 344 g/mol. The first kappa shape index (κ1) is 20.3. The van der Waals surface area contributed by atoms with E-state index in [0.717, 1.165) is 0 Å². The molecule has 2 aromatic carbocycles. The molecule has 0 aliphatic heterocycles. The van der Waals surface area contributed by atoms with Gasteiger partial charge in [-0.3, -0.25) is 0 Å². The Morgan fingerprint density at radius 1 is 0.667 bits per heavy atom. The standard InChI is InChI=1S/C16H20N2S.2ClH/c17-11-15(13-7-3-1-4-8-13)19-16(12-18)14-9-5-2-6-10-14;;/h1-10,15-16H,11-12,17-18H2;2*1H. The summed E-state index contributed by atoms with van der Waals surface area (Å²) in [6.45, 7) is 1.25. The molecule has 0 fully saturated rings. The lowest BCUT2D eigenvalue weighted by atomic mass is 10.1. The molecule has 21 heavy (non-hydrogen) atoms. The van der Waals surface area contributed by atoms with E-state index in [2.05, 4.69) is 48.5 Å².